The van der Waals surface area contributed by atoms with E-state index in [1.54, 1.807) is 6.33 Å². The van der Waals surface area contributed by atoms with Gasteiger partial charge < -0.3 is 15.6 Å². The van der Waals surface area contributed by atoms with Crippen molar-refractivity contribution in [2.24, 2.45) is 0 Å². The van der Waals surface area contributed by atoms with Gasteiger partial charge in [-0.05, 0) is 29.7 Å². The molecule has 0 unspecified atom stereocenters. The van der Waals surface area contributed by atoms with Crippen LogP contribution in [-0.4, -0.2) is 22.5 Å². The molecule has 0 saturated carbocycles. The van der Waals surface area contributed by atoms with Crippen LogP contribution in [0.3, 0.4) is 0 Å². The summed E-state index contributed by atoms with van der Waals surface area (Å²) >= 11 is 0. The lowest BCUT2D eigenvalue weighted by Crippen LogP contribution is -2.38. The number of hydrogen-bond acceptors (Lipinski definition) is 2. The van der Waals surface area contributed by atoms with E-state index < -0.39 is 0 Å². The van der Waals surface area contributed by atoms with E-state index in [0.29, 0.717) is 6.54 Å². The monoisotopic (exact) mass is 336 g/mol. The predicted molar refractivity (Wildman–Crippen MR) is 100 cm³/mol. The first-order chi connectivity index (χ1) is 12.3. The summed E-state index contributed by atoms with van der Waals surface area (Å²) in [5, 5.41) is 6.05. The second kappa shape index (κ2) is 8.33. The lowest BCUT2D eigenvalue weighted by atomic mass is 9.98. The minimum Gasteiger partial charge on any atom is -0.345 e. The second-order valence-corrected chi connectivity index (χ2v) is 6.13. The number of H-pyrrole nitrogens is 1. The van der Waals surface area contributed by atoms with E-state index in [0.717, 1.165) is 41.4 Å². The first-order valence-electron chi connectivity index (χ1n) is 8.80. The van der Waals surface area contributed by atoms with Crippen LogP contribution < -0.4 is 10.6 Å². The smallest absolute Gasteiger partial charge is 0.315 e. The van der Waals surface area contributed by atoms with Gasteiger partial charge in [0.05, 0.1) is 23.4 Å². The van der Waals surface area contributed by atoms with Crippen molar-refractivity contribution in [1.82, 2.24) is 20.6 Å². The molecule has 2 aromatic carbocycles. The summed E-state index contributed by atoms with van der Waals surface area (Å²) in [7, 11) is 0. The molecule has 0 bridgehead atoms. The molecule has 5 nitrogen and oxygen atoms in total. The van der Waals surface area contributed by atoms with Crippen molar-refractivity contribution in [2.45, 2.75) is 32.2 Å². The van der Waals surface area contributed by atoms with Crippen LogP contribution in [0.25, 0.3) is 11.0 Å². The highest BCUT2D eigenvalue weighted by Crippen LogP contribution is 2.24. The molecule has 3 rings (SSSR count). The molecule has 0 aliphatic heterocycles. The van der Waals surface area contributed by atoms with Gasteiger partial charge in [-0.25, -0.2) is 9.78 Å². The fraction of sp³-hybridized carbons (Fsp3) is 0.300. The molecule has 0 radical (unpaired) electrons. The summed E-state index contributed by atoms with van der Waals surface area (Å²) in [6.45, 7) is 2.85. The second-order valence-electron chi connectivity index (χ2n) is 6.13. The average molecular weight is 336 g/mol. The summed E-state index contributed by atoms with van der Waals surface area (Å²) in [4.78, 5) is 19.7. The van der Waals surface area contributed by atoms with E-state index in [1.807, 2.05) is 48.5 Å². The number of fused-ring (bicyclic) bond motifs is 1. The van der Waals surface area contributed by atoms with Gasteiger partial charge in [-0.1, -0.05) is 56.2 Å². The van der Waals surface area contributed by atoms with Crippen LogP contribution in [0.1, 0.15) is 43.4 Å². The maximum absolute atomic E-state index is 12.3. The molecule has 130 valence electrons. The third kappa shape index (κ3) is 4.38. The number of nitrogens with one attached hydrogen (secondary N) is 3. The molecule has 0 spiro atoms. The van der Waals surface area contributed by atoms with Crippen LogP contribution >= 0.6 is 0 Å². The fourth-order valence-electron chi connectivity index (χ4n) is 2.90. The Morgan fingerprint density at radius 2 is 1.96 bits per heavy atom. The largest absolute Gasteiger partial charge is 0.345 e. The van der Waals surface area contributed by atoms with Crippen LogP contribution in [0.15, 0.2) is 54.9 Å². The van der Waals surface area contributed by atoms with E-state index >= 15 is 0 Å². The van der Waals surface area contributed by atoms with Gasteiger partial charge >= 0.3 is 6.03 Å². The van der Waals surface area contributed by atoms with Gasteiger partial charge in [-0.15, -0.1) is 0 Å². The van der Waals surface area contributed by atoms with Crippen LogP contribution in [0.2, 0.25) is 0 Å². The van der Waals surface area contributed by atoms with Crippen LogP contribution in [-0.2, 0) is 0 Å². The average Bonchev–Trinajstić information content (AvgIpc) is 3.12. The van der Waals surface area contributed by atoms with Crippen molar-refractivity contribution in [3.8, 4) is 0 Å². The third-order valence-corrected chi connectivity index (χ3v) is 4.25. The first kappa shape index (κ1) is 17.0. The molecule has 1 aromatic heterocycles. The normalized spacial score (nSPS) is 12.0. The Morgan fingerprint density at radius 3 is 2.76 bits per heavy atom. The molecule has 0 aliphatic rings. The zero-order valence-corrected chi connectivity index (χ0v) is 14.5. The number of hydrogen-bond donors (Lipinski definition) is 3. The molecule has 1 heterocycles. The number of unbranched alkanes of at least 4 members (excludes halogenated alkanes) is 2. The molecule has 2 amide bonds. The number of imidazole rings is 1. The van der Waals surface area contributed by atoms with Gasteiger partial charge in [0.25, 0.3) is 0 Å². The number of rotatable bonds is 7. The van der Waals surface area contributed by atoms with Crippen molar-refractivity contribution in [2.75, 3.05) is 6.54 Å². The Hall–Kier alpha value is -2.82. The lowest BCUT2D eigenvalue weighted by Gasteiger charge is -2.20. The Bertz CT molecular complexity index is 813. The molecule has 0 saturated heterocycles. The highest BCUT2D eigenvalue weighted by Gasteiger charge is 2.17. The fourth-order valence-corrected chi connectivity index (χ4v) is 2.90. The number of nitrogens with zero attached hydrogens (tertiary/aromatic N) is 1. The summed E-state index contributed by atoms with van der Waals surface area (Å²) in [6.07, 6.45) is 4.94. The summed E-state index contributed by atoms with van der Waals surface area (Å²) < 4.78 is 0. The molecule has 0 aliphatic carbocycles. The number of carbonyl (C=O) groups excluding carboxylic acids is 1. The third-order valence-electron chi connectivity index (χ3n) is 4.25. The molecule has 3 N–H and O–H groups in total. The van der Waals surface area contributed by atoms with Crippen LogP contribution in [0.4, 0.5) is 4.79 Å². The molecular formula is C20H24N4O. The van der Waals surface area contributed by atoms with Gasteiger partial charge in [0.1, 0.15) is 0 Å². The maximum atomic E-state index is 12.3. The number of aromatic nitrogens is 2. The number of carbonyl (C=O) groups is 1. The van der Waals surface area contributed by atoms with Crippen molar-refractivity contribution in [1.29, 1.82) is 0 Å². The Balaban J connectivity index is 1.79. The van der Waals surface area contributed by atoms with Crippen LogP contribution in [0.5, 0.6) is 0 Å². The Kier molecular flexibility index (Phi) is 5.67. The molecule has 3 aromatic rings. The van der Waals surface area contributed by atoms with Gasteiger partial charge in [-0.3, -0.25) is 0 Å². The Labute approximate surface area is 147 Å². The van der Waals surface area contributed by atoms with Crippen molar-refractivity contribution in [3.63, 3.8) is 0 Å². The minimum atomic E-state index is -0.208. The molecule has 0 fully saturated rings. The van der Waals surface area contributed by atoms with Gasteiger partial charge in [0.15, 0.2) is 0 Å². The molecule has 1 atom stereocenters. The quantitative estimate of drug-likeness (QED) is 0.568. The number of amides is 2. The van der Waals surface area contributed by atoms with E-state index in [1.165, 1.54) is 0 Å². The highest BCUT2D eigenvalue weighted by molar-refractivity contribution is 5.77. The predicted octanol–water partition coefficient (Wildman–Crippen LogP) is 4.14. The first-order valence-corrected chi connectivity index (χ1v) is 8.80. The molecule has 5 heteroatoms. The zero-order chi connectivity index (χ0) is 17.5. The van der Waals surface area contributed by atoms with E-state index in [2.05, 4.69) is 27.5 Å². The Morgan fingerprint density at radius 1 is 1.12 bits per heavy atom. The van der Waals surface area contributed by atoms with Gasteiger partial charge in [-0.2, -0.15) is 0 Å². The van der Waals surface area contributed by atoms with E-state index in [-0.39, 0.29) is 12.1 Å². The van der Waals surface area contributed by atoms with E-state index in [9.17, 15) is 4.79 Å². The SMILES string of the molecule is CCCCCNC(=O)N[C@@H](c1ccccc1)c1ccc2nc[nH]c2c1. The van der Waals surface area contributed by atoms with E-state index in [4.69, 9.17) is 0 Å². The summed E-state index contributed by atoms with van der Waals surface area (Å²) in [6, 6.07) is 15.7. The van der Waals surface area contributed by atoms with Gasteiger partial charge in [0, 0.05) is 6.54 Å². The molecular weight excluding hydrogens is 312 g/mol. The van der Waals surface area contributed by atoms with Crippen molar-refractivity contribution < 1.29 is 4.79 Å². The van der Waals surface area contributed by atoms with Crippen LogP contribution in [0, 0.1) is 0 Å². The molecule has 25 heavy (non-hydrogen) atoms. The highest BCUT2D eigenvalue weighted by atomic mass is 16.2. The number of urea groups is 1. The number of aromatic amines is 1. The standard InChI is InChI=1S/C20H24N4O/c1-2-3-7-12-21-20(25)24-19(15-8-5-4-6-9-15)16-10-11-17-18(13-16)23-14-22-17/h4-6,8-11,13-14,19H,2-3,7,12H2,1H3,(H,22,23)(H2,21,24,25)/t19-/m0/s1. The minimum absolute atomic E-state index is 0.144. The summed E-state index contributed by atoms with van der Waals surface area (Å²) in [5.41, 5.74) is 3.94. The lowest BCUT2D eigenvalue weighted by molar-refractivity contribution is 0.238. The van der Waals surface area contributed by atoms with Crippen molar-refractivity contribution >= 4 is 17.1 Å². The maximum Gasteiger partial charge on any atom is 0.315 e. The summed E-state index contributed by atoms with van der Waals surface area (Å²) in [5.74, 6) is 0. The van der Waals surface area contributed by atoms with Gasteiger partial charge in [0.2, 0.25) is 0 Å². The topological polar surface area (TPSA) is 69.8 Å². The van der Waals surface area contributed by atoms with Crippen molar-refractivity contribution in [3.05, 3.63) is 66.0 Å². The zero-order valence-electron chi connectivity index (χ0n) is 14.5. The number of benzene rings is 2.